The Balaban J connectivity index is 1.22. The lowest BCUT2D eigenvalue weighted by atomic mass is 9.74. The number of pyridine rings is 1. The van der Waals surface area contributed by atoms with Crippen LogP contribution in [0.4, 0.5) is 4.39 Å². The molecule has 1 aromatic heterocycles. The number of nitrogens with one attached hydrogen (secondary N) is 3. The number of benzene rings is 1. The third-order valence-electron chi connectivity index (χ3n) is 8.22. The van der Waals surface area contributed by atoms with Crippen molar-refractivity contribution in [3.8, 4) is 5.75 Å². The summed E-state index contributed by atoms with van der Waals surface area (Å²) in [5, 5.41) is 13.2. The number of hydrogen-bond donors (Lipinski definition) is 4. The van der Waals surface area contributed by atoms with Crippen molar-refractivity contribution < 1.29 is 19.0 Å². The molecule has 1 aromatic carbocycles. The fraction of sp³-hybridized carbons (Fsp3) is 0.556. The van der Waals surface area contributed by atoms with Gasteiger partial charge >= 0.3 is 0 Å². The van der Waals surface area contributed by atoms with Gasteiger partial charge < -0.3 is 15.2 Å². The minimum Gasteiger partial charge on any atom is -0.496 e. The molecule has 5 rings (SSSR count). The van der Waals surface area contributed by atoms with Crippen LogP contribution in [0.25, 0.3) is 0 Å². The zero-order valence-corrected chi connectivity index (χ0v) is 20.7. The maximum atomic E-state index is 14.6. The number of rotatable bonds is 7. The highest BCUT2D eigenvalue weighted by Crippen LogP contribution is 2.40. The van der Waals surface area contributed by atoms with E-state index in [1.165, 1.54) is 18.7 Å². The van der Waals surface area contributed by atoms with Crippen LogP contribution in [-0.2, 0) is 11.3 Å². The van der Waals surface area contributed by atoms with Crippen molar-refractivity contribution in [2.75, 3.05) is 20.3 Å². The Morgan fingerprint density at radius 1 is 1.19 bits per heavy atom. The number of piperidine rings is 1. The SMILES string of the molecule is COc1cccc(F)c1CN1C[C@H](NC(=O)C2CCC3NNC(c4ccncc4)C3C2)CCC1CO. The van der Waals surface area contributed by atoms with Crippen molar-refractivity contribution in [1.29, 1.82) is 0 Å². The van der Waals surface area contributed by atoms with Gasteiger partial charge in [0.2, 0.25) is 5.91 Å². The fourth-order valence-electron chi connectivity index (χ4n) is 6.22. The molecule has 0 radical (unpaired) electrons. The molecule has 5 unspecified atom stereocenters. The van der Waals surface area contributed by atoms with E-state index in [0.29, 0.717) is 36.4 Å². The molecular weight excluding hydrogens is 461 g/mol. The second kappa shape index (κ2) is 11.2. The summed E-state index contributed by atoms with van der Waals surface area (Å²) < 4.78 is 20.0. The molecule has 2 aromatic rings. The quantitative estimate of drug-likeness (QED) is 0.466. The number of nitrogens with zero attached hydrogens (tertiary/aromatic N) is 2. The predicted molar refractivity (Wildman–Crippen MR) is 133 cm³/mol. The van der Waals surface area contributed by atoms with Crippen molar-refractivity contribution >= 4 is 5.91 Å². The van der Waals surface area contributed by atoms with Crippen molar-refractivity contribution in [2.24, 2.45) is 11.8 Å². The summed E-state index contributed by atoms with van der Waals surface area (Å²) in [4.78, 5) is 19.6. The number of amides is 1. The van der Waals surface area contributed by atoms with Crippen LogP contribution in [-0.4, -0.2) is 59.3 Å². The van der Waals surface area contributed by atoms with Crippen LogP contribution in [0, 0.1) is 17.7 Å². The number of aliphatic hydroxyl groups excluding tert-OH is 1. The molecule has 4 N–H and O–H groups in total. The number of fused-ring (bicyclic) bond motifs is 1. The predicted octanol–water partition coefficient (Wildman–Crippen LogP) is 2.30. The van der Waals surface area contributed by atoms with Crippen molar-refractivity contribution in [3.05, 3.63) is 59.7 Å². The zero-order chi connectivity index (χ0) is 25.1. The van der Waals surface area contributed by atoms with Crippen LogP contribution in [0.3, 0.4) is 0 Å². The number of hydrogen-bond acceptors (Lipinski definition) is 7. The van der Waals surface area contributed by atoms with E-state index in [-0.39, 0.29) is 42.4 Å². The van der Waals surface area contributed by atoms with Gasteiger partial charge in [-0.2, -0.15) is 0 Å². The van der Waals surface area contributed by atoms with Gasteiger partial charge in [-0.3, -0.25) is 20.1 Å². The van der Waals surface area contributed by atoms with E-state index in [4.69, 9.17) is 4.74 Å². The number of ether oxygens (including phenoxy) is 1. The average molecular weight is 498 g/mol. The molecular formula is C27H36FN5O3. The van der Waals surface area contributed by atoms with Crippen molar-refractivity contribution in [3.63, 3.8) is 0 Å². The lowest BCUT2D eigenvalue weighted by Gasteiger charge is -2.40. The Bertz CT molecular complexity index is 1040. The minimum absolute atomic E-state index is 0.000474. The molecule has 194 valence electrons. The first-order valence-electron chi connectivity index (χ1n) is 12.9. The first-order chi connectivity index (χ1) is 17.6. The number of aliphatic hydroxyl groups is 1. The number of likely N-dealkylation sites (tertiary alicyclic amines) is 1. The van der Waals surface area contributed by atoms with Gasteiger partial charge in [0.15, 0.2) is 0 Å². The molecule has 2 saturated heterocycles. The number of methoxy groups -OCH3 is 1. The van der Waals surface area contributed by atoms with Crippen molar-refractivity contribution in [1.82, 2.24) is 26.1 Å². The van der Waals surface area contributed by atoms with Gasteiger partial charge in [-0.15, -0.1) is 0 Å². The van der Waals surface area contributed by atoms with Crippen LogP contribution in [0.1, 0.15) is 49.3 Å². The summed E-state index contributed by atoms with van der Waals surface area (Å²) in [6.45, 7) is 0.890. The van der Waals surface area contributed by atoms with Gasteiger partial charge in [0.25, 0.3) is 0 Å². The Hall–Kier alpha value is -2.59. The molecule has 8 nitrogen and oxygen atoms in total. The topological polar surface area (TPSA) is 98.8 Å². The lowest BCUT2D eigenvalue weighted by molar-refractivity contribution is -0.128. The number of halogens is 1. The maximum Gasteiger partial charge on any atom is 0.223 e. The summed E-state index contributed by atoms with van der Waals surface area (Å²) in [5.41, 5.74) is 8.52. The molecule has 3 fully saturated rings. The molecule has 1 amide bonds. The van der Waals surface area contributed by atoms with Gasteiger partial charge in [-0.05, 0) is 67.9 Å². The van der Waals surface area contributed by atoms with Crippen LogP contribution < -0.4 is 20.9 Å². The number of aromatic nitrogens is 1. The minimum atomic E-state index is -0.323. The molecule has 0 spiro atoms. The van der Waals surface area contributed by atoms with Gasteiger partial charge in [-0.25, -0.2) is 9.82 Å². The van der Waals surface area contributed by atoms with E-state index in [1.807, 2.05) is 24.5 Å². The summed E-state index contributed by atoms with van der Waals surface area (Å²) in [6.07, 6.45) is 7.78. The van der Waals surface area contributed by atoms with Crippen LogP contribution in [0.2, 0.25) is 0 Å². The molecule has 0 bridgehead atoms. The monoisotopic (exact) mass is 497 g/mol. The first kappa shape index (κ1) is 25.1. The number of hydrazine groups is 1. The van der Waals surface area contributed by atoms with Gasteiger partial charge in [-0.1, -0.05) is 6.07 Å². The normalized spacial score (nSPS) is 30.5. The lowest BCUT2D eigenvalue weighted by Crippen LogP contribution is -2.54. The smallest absolute Gasteiger partial charge is 0.223 e. The Labute approximate surface area is 211 Å². The average Bonchev–Trinajstić information content (AvgIpc) is 3.34. The van der Waals surface area contributed by atoms with E-state index in [9.17, 15) is 14.3 Å². The molecule has 9 heteroatoms. The fourth-order valence-corrected chi connectivity index (χ4v) is 6.22. The first-order valence-corrected chi connectivity index (χ1v) is 12.9. The highest BCUT2D eigenvalue weighted by Gasteiger charge is 2.43. The molecule has 1 saturated carbocycles. The second-order valence-electron chi connectivity index (χ2n) is 10.3. The molecule has 3 aliphatic rings. The second-order valence-corrected chi connectivity index (χ2v) is 10.3. The van der Waals surface area contributed by atoms with E-state index < -0.39 is 0 Å². The molecule has 6 atom stereocenters. The van der Waals surface area contributed by atoms with Crippen molar-refractivity contribution in [2.45, 2.75) is 62.8 Å². The third kappa shape index (κ3) is 5.25. The van der Waals surface area contributed by atoms with Gasteiger partial charge in [0, 0.05) is 55.1 Å². The highest BCUT2D eigenvalue weighted by atomic mass is 19.1. The van der Waals surface area contributed by atoms with E-state index in [2.05, 4.69) is 26.1 Å². The summed E-state index contributed by atoms with van der Waals surface area (Å²) in [6, 6.07) is 9.28. The van der Waals surface area contributed by atoms with E-state index in [0.717, 1.165) is 32.1 Å². The van der Waals surface area contributed by atoms with Crippen LogP contribution in [0.5, 0.6) is 5.75 Å². The van der Waals surface area contributed by atoms with Crippen LogP contribution in [0.15, 0.2) is 42.7 Å². The molecule has 2 aliphatic heterocycles. The Kier molecular flexibility index (Phi) is 7.81. The largest absolute Gasteiger partial charge is 0.496 e. The van der Waals surface area contributed by atoms with E-state index >= 15 is 0 Å². The standard InChI is InChI=1S/C27H36FN5O3/c1-36-25-4-2-3-23(28)22(25)15-33-14-19(6-7-20(33)16-34)30-27(35)18-5-8-24-21(13-18)26(32-31-24)17-9-11-29-12-10-17/h2-4,9-12,18-21,24,26,31-32,34H,5-8,13-16H2,1H3,(H,30,35)/t18?,19-,20?,21?,24?,26?/m1/s1. The summed E-state index contributed by atoms with van der Waals surface area (Å²) in [5.74, 6) is 0.582. The maximum absolute atomic E-state index is 14.6. The van der Waals surface area contributed by atoms with Gasteiger partial charge in [0.1, 0.15) is 11.6 Å². The third-order valence-corrected chi connectivity index (χ3v) is 8.22. The highest BCUT2D eigenvalue weighted by molar-refractivity contribution is 5.79. The molecule has 3 heterocycles. The van der Waals surface area contributed by atoms with E-state index in [1.54, 1.807) is 12.1 Å². The van der Waals surface area contributed by atoms with Crippen LogP contribution >= 0.6 is 0 Å². The molecule has 36 heavy (non-hydrogen) atoms. The summed E-state index contributed by atoms with van der Waals surface area (Å²) >= 11 is 0. The Morgan fingerprint density at radius 3 is 2.81 bits per heavy atom. The van der Waals surface area contributed by atoms with Gasteiger partial charge in [0.05, 0.1) is 19.8 Å². The Morgan fingerprint density at radius 2 is 2.03 bits per heavy atom. The number of carbonyl (C=O) groups excluding carboxylic acids is 1. The number of carbonyl (C=O) groups is 1. The zero-order valence-electron chi connectivity index (χ0n) is 20.7. The molecule has 1 aliphatic carbocycles. The summed E-state index contributed by atoms with van der Waals surface area (Å²) in [7, 11) is 1.53.